The van der Waals surface area contributed by atoms with Gasteiger partial charge in [-0.25, -0.2) is 0 Å². The van der Waals surface area contributed by atoms with Crippen LogP contribution in [0.25, 0.3) is 0 Å². The fourth-order valence-electron chi connectivity index (χ4n) is 5.82. The molecular formula is C26H38N2O2. The van der Waals surface area contributed by atoms with Crippen LogP contribution in [0.4, 0.5) is 0 Å². The number of nitrogens with zero attached hydrogens (tertiary/aromatic N) is 2. The predicted molar refractivity (Wildman–Crippen MR) is 120 cm³/mol. The Morgan fingerprint density at radius 3 is 2.37 bits per heavy atom. The second-order valence-corrected chi connectivity index (χ2v) is 9.97. The van der Waals surface area contributed by atoms with E-state index in [1.54, 1.807) is 0 Å². The SMILES string of the molecule is O=C(CCC1CCCCC1)N1CCC2(CCC(=O)N(Cc3ccccc3)CC2)CC1. The van der Waals surface area contributed by atoms with E-state index in [0.717, 1.165) is 70.6 Å². The summed E-state index contributed by atoms with van der Waals surface area (Å²) in [7, 11) is 0. The average Bonchev–Trinajstić information content (AvgIpc) is 2.94. The van der Waals surface area contributed by atoms with Gasteiger partial charge in [-0.1, -0.05) is 62.4 Å². The summed E-state index contributed by atoms with van der Waals surface area (Å²) >= 11 is 0. The van der Waals surface area contributed by atoms with Gasteiger partial charge in [0.2, 0.25) is 11.8 Å². The largest absolute Gasteiger partial charge is 0.343 e. The van der Waals surface area contributed by atoms with Crippen LogP contribution < -0.4 is 0 Å². The minimum absolute atomic E-state index is 0.251. The maximum absolute atomic E-state index is 12.8. The fraction of sp³-hybridized carbons (Fsp3) is 0.692. The molecule has 0 atom stereocenters. The van der Waals surface area contributed by atoms with E-state index < -0.39 is 0 Å². The van der Waals surface area contributed by atoms with Crippen LogP contribution in [0.2, 0.25) is 0 Å². The quantitative estimate of drug-likeness (QED) is 0.672. The zero-order chi connectivity index (χ0) is 20.8. The Morgan fingerprint density at radius 1 is 0.933 bits per heavy atom. The summed E-state index contributed by atoms with van der Waals surface area (Å²) in [5.41, 5.74) is 1.46. The maximum atomic E-state index is 12.8. The molecule has 164 valence electrons. The lowest BCUT2D eigenvalue weighted by Gasteiger charge is -2.41. The maximum Gasteiger partial charge on any atom is 0.222 e. The minimum atomic E-state index is 0.251. The summed E-state index contributed by atoms with van der Waals surface area (Å²) in [6.45, 7) is 3.34. The first-order chi connectivity index (χ1) is 14.6. The van der Waals surface area contributed by atoms with Crippen LogP contribution in [0.3, 0.4) is 0 Å². The first-order valence-electron chi connectivity index (χ1n) is 12.2. The van der Waals surface area contributed by atoms with Gasteiger partial charge < -0.3 is 9.80 Å². The second-order valence-electron chi connectivity index (χ2n) is 9.97. The fourth-order valence-corrected chi connectivity index (χ4v) is 5.82. The third-order valence-corrected chi connectivity index (χ3v) is 8.02. The summed E-state index contributed by atoms with van der Waals surface area (Å²) in [6, 6.07) is 10.3. The molecule has 1 aliphatic carbocycles. The van der Waals surface area contributed by atoms with Gasteiger partial charge in [-0.3, -0.25) is 9.59 Å². The normalized spacial score (nSPS) is 22.9. The number of hydrogen-bond acceptors (Lipinski definition) is 2. The lowest BCUT2D eigenvalue weighted by molar-refractivity contribution is -0.134. The van der Waals surface area contributed by atoms with E-state index in [9.17, 15) is 9.59 Å². The average molecular weight is 411 g/mol. The molecule has 1 saturated carbocycles. The molecule has 1 spiro atoms. The van der Waals surface area contributed by atoms with E-state index in [2.05, 4.69) is 17.0 Å². The Hall–Kier alpha value is -1.84. The van der Waals surface area contributed by atoms with Crippen molar-refractivity contribution in [3.8, 4) is 0 Å². The smallest absolute Gasteiger partial charge is 0.222 e. The van der Waals surface area contributed by atoms with Gasteiger partial charge >= 0.3 is 0 Å². The third-order valence-electron chi connectivity index (χ3n) is 8.02. The number of rotatable bonds is 5. The van der Waals surface area contributed by atoms with Gasteiger partial charge in [0.15, 0.2) is 0 Å². The van der Waals surface area contributed by atoms with E-state index in [1.165, 1.54) is 37.7 Å². The number of hydrogen-bond donors (Lipinski definition) is 0. The highest BCUT2D eigenvalue weighted by molar-refractivity contribution is 5.77. The van der Waals surface area contributed by atoms with Gasteiger partial charge in [0, 0.05) is 39.0 Å². The molecule has 3 aliphatic rings. The number of piperidine rings is 1. The molecule has 3 fully saturated rings. The van der Waals surface area contributed by atoms with Crippen LogP contribution in [0, 0.1) is 11.3 Å². The summed E-state index contributed by atoms with van der Waals surface area (Å²) < 4.78 is 0. The lowest BCUT2D eigenvalue weighted by Crippen LogP contribution is -2.43. The zero-order valence-electron chi connectivity index (χ0n) is 18.5. The number of amides is 2. The Balaban J connectivity index is 1.25. The molecule has 1 aromatic carbocycles. The first kappa shape index (κ1) is 21.4. The van der Waals surface area contributed by atoms with Gasteiger partial charge in [-0.2, -0.15) is 0 Å². The number of benzene rings is 1. The third kappa shape index (κ3) is 5.44. The van der Waals surface area contributed by atoms with Crippen molar-refractivity contribution in [2.24, 2.45) is 11.3 Å². The number of carbonyl (C=O) groups excluding carboxylic acids is 2. The van der Waals surface area contributed by atoms with Gasteiger partial charge in [0.05, 0.1) is 0 Å². The molecule has 30 heavy (non-hydrogen) atoms. The monoisotopic (exact) mass is 410 g/mol. The molecule has 2 amide bonds. The molecule has 2 aliphatic heterocycles. The van der Waals surface area contributed by atoms with E-state index in [0.29, 0.717) is 18.2 Å². The van der Waals surface area contributed by atoms with Gasteiger partial charge in [0.1, 0.15) is 0 Å². The van der Waals surface area contributed by atoms with Crippen molar-refractivity contribution < 1.29 is 9.59 Å². The van der Waals surface area contributed by atoms with Crippen molar-refractivity contribution in [3.63, 3.8) is 0 Å². The molecule has 2 saturated heterocycles. The van der Waals surface area contributed by atoms with Crippen molar-refractivity contribution in [2.45, 2.75) is 83.6 Å². The van der Waals surface area contributed by atoms with Crippen LogP contribution in [0.1, 0.15) is 82.6 Å². The Labute approximate surface area is 182 Å². The molecule has 4 nitrogen and oxygen atoms in total. The highest BCUT2D eigenvalue weighted by Crippen LogP contribution is 2.42. The molecule has 1 aromatic rings. The number of carbonyl (C=O) groups is 2. The second kappa shape index (κ2) is 9.98. The molecule has 0 aromatic heterocycles. The Bertz CT molecular complexity index is 703. The highest BCUT2D eigenvalue weighted by Gasteiger charge is 2.38. The molecular weight excluding hydrogens is 372 g/mol. The Morgan fingerprint density at radius 2 is 1.63 bits per heavy atom. The summed E-state index contributed by atoms with van der Waals surface area (Å²) in [5, 5.41) is 0. The van der Waals surface area contributed by atoms with E-state index in [4.69, 9.17) is 0 Å². The van der Waals surface area contributed by atoms with E-state index in [1.807, 2.05) is 23.1 Å². The van der Waals surface area contributed by atoms with Crippen molar-refractivity contribution in [2.75, 3.05) is 19.6 Å². The van der Waals surface area contributed by atoms with E-state index >= 15 is 0 Å². The topological polar surface area (TPSA) is 40.6 Å². The number of likely N-dealkylation sites (tertiary alicyclic amines) is 2. The van der Waals surface area contributed by atoms with Crippen molar-refractivity contribution in [1.29, 1.82) is 0 Å². The molecule has 4 rings (SSSR count). The predicted octanol–water partition coefficient (Wildman–Crippen LogP) is 5.17. The van der Waals surface area contributed by atoms with Crippen LogP contribution in [-0.4, -0.2) is 41.2 Å². The van der Waals surface area contributed by atoms with Gasteiger partial charge in [-0.15, -0.1) is 0 Å². The molecule has 0 unspecified atom stereocenters. The first-order valence-corrected chi connectivity index (χ1v) is 12.2. The van der Waals surface area contributed by atoms with Crippen molar-refractivity contribution >= 4 is 11.8 Å². The zero-order valence-corrected chi connectivity index (χ0v) is 18.5. The van der Waals surface area contributed by atoms with Crippen molar-refractivity contribution in [1.82, 2.24) is 9.80 Å². The summed E-state index contributed by atoms with van der Waals surface area (Å²) in [6.07, 6.45) is 13.4. The standard InChI is InChI=1S/C26H38N2O2/c29-24(12-11-22-7-3-1-4-8-22)27-18-15-26(16-19-27)14-13-25(30)28(20-17-26)21-23-9-5-2-6-10-23/h2,5-6,9-10,22H,1,3-4,7-8,11-21H2. The van der Waals surface area contributed by atoms with Gasteiger partial charge in [-0.05, 0) is 49.0 Å². The molecule has 0 N–H and O–H groups in total. The van der Waals surface area contributed by atoms with Crippen LogP contribution in [-0.2, 0) is 16.1 Å². The highest BCUT2D eigenvalue weighted by atomic mass is 16.2. The lowest BCUT2D eigenvalue weighted by atomic mass is 9.73. The molecule has 0 bridgehead atoms. The minimum Gasteiger partial charge on any atom is -0.343 e. The molecule has 4 heteroatoms. The van der Waals surface area contributed by atoms with Gasteiger partial charge in [0.25, 0.3) is 0 Å². The van der Waals surface area contributed by atoms with Crippen LogP contribution in [0.15, 0.2) is 30.3 Å². The Kier molecular flexibility index (Phi) is 7.12. The molecule has 0 radical (unpaired) electrons. The van der Waals surface area contributed by atoms with Crippen LogP contribution >= 0.6 is 0 Å². The van der Waals surface area contributed by atoms with Crippen LogP contribution in [0.5, 0.6) is 0 Å². The van der Waals surface area contributed by atoms with E-state index in [-0.39, 0.29) is 5.41 Å². The summed E-state index contributed by atoms with van der Waals surface area (Å²) in [5.74, 6) is 1.44. The van der Waals surface area contributed by atoms with Crippen molar-refractivity contribution in [3.05, 3.63) is 35.9 Å². The summed E-state index contributed by atoms with van der Waals surface area (Å²) in [4.78, 5) is 29.6. The molecule has 2 heterocycles.